The van der Waals surface area contributed by atoms with Crippen molar-refractivity contribution in [3.8, 4) is 0 Å². The lowest BCUT2D eigenvalue weighted by molar-refractivity contribution is 0.0475. The Hall–Kier alpha value is -4.75. The maximum absolute atomic E-state index is 12.9. The van der Waals surface area contributed by atoms with Gasteiger partial charge in [-0.05, 0) is 71.4 Å². The van der Waals surface area contributed by atoms with Gasteiger partial charge >= 0.3 is 11.6 Å². The second-order valence-electron chi connectivity index (χ2n) is 8.18. The van der Waals surface area contributed by atoms with Gasteiger partial charge in [-0.15, -0.1) is 0 Å². The molecule has 37 heavy (non-hydrogen) atoms. The number of Topliss-reactive ketones (excluding diaryl/α,β-unsaturated/α-hetero) is 1. The predicted molar refractivity (Wildman–Crippen MR) is 140 cm³/mol. The quantitative estimate of drug-likeness (QED) is 0.132. The summed E-state index contributed by atoms with van der Waals surface area (Å²) in [6.45, 7) is -0.425. The lowest BCUT2D eigenvalue weighted by Crippen LogP contribution is -2.20. The second kappa shape index (κ2) is 10.1. The lowest BCUT2D eigenvalue weighted by Gasteiger charge is -2.08. The molecule has 4 aromatic carbocycles. The average molecular weight is 512 g/mol. The molecule has 0 aliphatic heterocycles. The number of fused-ring (bicyclic) bond motifs is 3. The average Bonchev–Trinajstić information content (AvgIpc) is 2.91. The molecule has 7 nitrogen and oxygen atoms in total. The van der Waals surface area contributed by atoms with Crippen molar-refractivity contribution in [2.45, 2.75) is 0 Å². The van der Waals surface area contributed by atoms with Crippen LogP contribution in [0.4, 0.5) is 5.69 Å². The number of ketones is 1. The summed E-state index contributed by atoms with van der Waals surface area (Å²) in [5.41, 5.74) is 0.410. The molecule has 0 saturated heterocycles. The van der Waals surface area contributed by atoms with Crippen molar-refractivity contribution in [3.05, 3.63) is 123 Å². The summed E-state index contributed by atoms with van der Waals surface area (Å²) in [5, 5.41) is 5.59. The van der Waals surface area contributed by atoms with Crippen LogP contribution in [0.25, 0.3) is 21.7 Å². The van der Waals surface area contributed by atoms with Gasteiger partial charge in [0.05, 0.1) is 5.56 Å². The van der Waals surface area contributed by atoms with Crippen LogP contribution in [-0.4, -0.2) is 24.3 Å². The maximum Gasteiger partial charge on any atom is 0.349 e. The summed E-state index contributed by atoms with van der Waals surface area (Å²) in [6, 6.07) is 24.8. The van der Waals surface area contributed by atoms with Gasteiger partial charge in [0.2, 0.25) is 0 Å². The van der Waals surface area contributed by atoms with E-state index in [4.69, 9.17) is 20.8 Å². The third kappa shape index (κ3) is 5.12. The van der Waals surface area contributed by atoms with Gasteiger partial charge in [-0.25, -0.2) is 9.59 Å². The molecule has 0 spiro atoms. The van der Waals surface area contributed by atoms with E-state index in [-0.39, 0.29) is 16.9 Å². The van der Waals surface area contributed by atoms with Gasteiger partial charge in [0.25, 0.3) is 5.91 Å². The molecule has 5 rings (SSSR count). The summed E-state index contributed by atoms with van der Waals surface area (Å²) >= 11 is 5.81. The van der Waals surface area contributed by atoms with Crippen LogP contribution in [0.3, 0.4) is 0 Å². The normalized spacial score (nSPS) is 10.8. The zero-order valence-electron chi connectivity index (χ0n) is 19.2. The van der Waals surface area contributed by atoms with Gasteiger partial charge < -0.3 is 14.5 Å². The summed E-state index contributed by atoms with van der Waals surface area (Å²) in [5.74, 6) is -1.70. The Labute approximate surface area is 215 Å². The van der Waals surface area contributed by atoms with Crippen LogP contribution in [0.5, 0.6) is 0 Å². The molecule has 1 N–H and O–H groups in total. The van der Waals surface area contributed by atoms with Crippen LogP contribution < -0.4 is 10.9 Å². The fourth-order valence-corrected chi connectivity index (χ4v) is 3.98. The van der Waals surface area contributed by atoms with Crippen LogP contribution in [0, 0.1) is 0 Å². The minimum atomic E-state index is -0.758. The van der Waals surface area contributed by atoms with Gasteiger partial charge in [-0.1, -0.05) is 41.9 Å². The number of nitrogens with one attached hydrogen (secondary N) is 1. The monoisotopic (exact) mass is 511 g/mol. The van der Waals surface area contributed by atoms with E-state index in [2.05, 4.69) is 5.32 Å². The molecule has 0 aliphatic carbocycles. The first-order valence-corrected chi connectivity index (χ1v) is 11.6. The molecular weight excluding hydrogens is 494 g/mol. The molecule has 182 valence electrons. The van der Waals surface area contributed by atoms with Crippen molar-refractivity contribution in [1.29, 1.82) is 0 Å². The SMILES string of the molecule is O=C(COC(=O)c1ccc(NC(=O)c2cc3c(ccc4ccccc43)oc2=O)cc1)c1ccc(Cl)cc1. The van der Waals surface area contributed by atoms with E-state index < -0.39 is 24.1 Å². The minimum absolute atomic E-state index is 0.145. The van der Waals surface area contributed by atoms with E-state index in [1.807, 2.05) is 30.3 Å². The number of halogens is 1. The molecule has 0 saturated carbocycles. The van der Waals surface area contributed by atoms with Crippen molar-refractivity contribution in [2.75, 3.05) is 11.9 Å². The van der Waals surface area contributed by atoms with E-state index >= 15 is 0 Å². The first-order valence-electron chi connectivity index (χ1n) is 11.2. The van der Waals surface area contributed by atoms with Gasteiger partial charge in [-0.2, -0.15) is 0 Å². The molecule has 1 amide bonds. The highest BCUT2D eigenvalue weighted by molar-refractivity contribution is 6.30. The number of ether oxygens (including phenoxy) is 1. The zero-order valence-corrected chi connectivity index (χ0v) is 20.0. The van der Waals surface area contributed by atoms with E-state index in [9.17, 15) is 19.2 Å². The number of esters is 1. The van der Waals surface area contributed by atoms with Crippen molar-refractivity contribution < 1.29 is 23.5 Å². The number of carbonyl (C=O) groups is 3. The topological polar surface area (TPSA) is 103 Å². The van der Waals surface area contributed by atoms with E-state index in [0.29, 0.717) is 27.2 Å². The smallest absolute Gasteiger partial charge is 0.349 e. The third-order valence-electron chi connectivity index (χ3n) is 5.77. The molecule has 0 fully saturated rings. The van der Waals surface area contributed by atoms with Crippen molar-refractivity contribution >= 4 is 56.7 Å². The molecule has 0 aliphatic rings. The number of amides is 1. The van der Waals surface area contributed by atoms with E-state index in [1.54, 1.807) is 30.3 Å². The fraction of sp³-hybridized carbons (Fsp3) is 0.0345. The summed E-state index contributed by atoms with van der Waals surface area (Å²) < 4.78 is 10.5. The van der Waals surface area contributed by atoms with Crippen molar-refractivity contribution in [2.24, 2.45) is 0 Å². The predicted octanol–water partition coefficient (Wildman–Crippen LogP) is 5.89. The zero-order chi connectivity index (χ0) is 25.9. The lowest BCUT2D eigenvalue weighted by atomic mass is 10.0. The van der Waals surface area contributed by atoms with Gasteiger partial charge in [0, 0.05) is 21.7 Å². The Kier molecular flexibility index (Phi) is 6.53. The number of anilines is 1. The first kappa shape index (κ1) is 24.0. The Morgan fingerprint density at radius 2 is 1.51 bits per heavy atom. The molecule has 0 bridgehead atoms. The number of benzene rings is 4. The Morgan fingerprint density at radius 3 is 2.27 bits per heavy atom. The number of carbonyl (C=O) groups excluding carboxylic acids is 3. The molecule has 1 heterocycles. The van der Waals surface area contributed by atoms with E-state index in [1.165, 1.54) is 30.3 Å². The standard InChI is InChI=1S/C29H18ClNO6/c30-20-10-5-18(6-11-20)25(32)16-36-28(34)19-7-12-21(13-8-19)31-27(33)24-15-23-22-4-2-1-3-17(22)9-14-26(23)37-29(24)35/h1-15H,16H2,(H,31,33). The molecule has 5 aromatic rings. The van der Waals surface area contributed by atoms with Crippen molar-refractivity contribution in [1.82, 2.24) is 0 Å². The number of hydrogen-bond acceptors (Lipinski definition) is 6. The third-order valence-corrected chi connectivity index (χ3v) is 6.02. The van der Waals surface area contributed by atoms with Gasteiger partial charge in [0.1, 0.15) is 11.1 Å². The number of hydrogen-bond donors (Lipinski definition) is 1. The highest BCUT2D eigenvalue weighted by atomic mass is 35.5. The summed E-state index contributed by atoms with van der Waals surface area (Å²) in [7, 11) is 0. The molecule has 0 atom stereocenters. The van der Waals surface area contributed by atoms with Crippen molar-refractivity contribution in [3.63, 3.8) is 0 Å². The van der Waals surface area contributed by atoms with Crippen LogP contribution in [0.1, 0.15) is 31.1 Å². The highest BCUT2D eigenvalue weighted by Gasteiger charge is 2.16. The molecule has 0 unspecified atom stereocenters. The first-order chi connectivity index (χ1) is 17.9. The van der Waals surface area contributed by atoms with Crippen LogP contribution in [0.15, 0.2) is 100 Å². The highest BCUT2D eigenvalue weighted by Crippen LogP contribution is 2.25. The molecule has 1 aromatic heterocycles. The van der Waals surface area contributed by atoms with E-state index in [0.717, 1.165) is 10.8 Å². The number of rotatable bonds is 6. The largest absolute Gasteiger partial charge is 0.454 e. The Balaban J connectivity index is 1.27. The summed E-state index contributed by atoms with van der Waals surface area (Å²) in [4.78, 5) is 49.8. The van der Waals surface area contributed by atoms with Crippen LogP contribution in [0.2, 0.25) is 5.02 Å². The van der Waals surface area contributed by atoms with Crippen LogP contribution >= 0.6 is 11.6 Å². The second-order valence-corrected chi connectivity index (χ2v) is 8.62. The molecule has 0 radical (unpaired) electrons. The molecular formula is C29H18ClNO6. The summed E-state index contributed by atoms with van der Waals surface area (Å²) in [6.07, 6.45) is 0. The Morgan fingerprint density at radius 1 is 0.811 bits per heavy atom. The Bertz CT molecular complexity index is 1720. The minimum Gasteiger partial charge on any atom is -0.454 e. The fourth-order valence-electron chi connectivity index (χ4n) is 3.85. The maximum atomic E-state index is 12.9. The van der Waals surface area contributed by atoms with Gasteiger partial charge in [-0.3, -0.25) is 9.59 Å². The van der Waals surface area contributed by atoms with Gasteiger partial charge in [0.15, 0.2) is 12.4 Å². The van der Waals surface area contributed by atoms with Crippen LogP contribution in [-0.2, 0) is 4.74 Å². The molecule has 8 heteroatoms.